The van der Waals surface area contributed by atoms with Gasteiger partial charge >= 0.3 is 0 Å². The van der Waals surface area contributed by atoms with Crippen molar-refractivity contribution in [3.05, 3.63) is 65.1 Å². The van der Waals surface area contributed by atoms with Crippen molar-refractivity contribution < 1.29 is 14.3 Å². The predicted molar refractivity (Wildman–Crippen MR) is 91.0 cm³/mol. The Kier molecular flexibility index (Phi) is 4.03. The summed E-state index contributed by atoms with van der Waals surface area (Å²) in [7, 11) is 0. The molecule has 0 aliphatic carbocycles. The van der Waals surface area contributed by atoms with Crippen LogP contribution in [0.1, 0.15) is 34.6 Å². The van der Waals surface area contributed by atoms with Crippen molar-refractivity contribution in [2.24, 2.45) is 5.73 Å². The van der Waals surface area contributed by atoms with Crippen molar-refractivity contribution in [3.8, 4) is 11.1 Å². The van der Waals surface area contributed by atoms with Gasteiger partial charge in [-0.25, -0.2) is 9.37 Å². The Hall–Kier alpha value is -2.79. The molecule has 0 fully saturated rings. The number of primary amides is 1. The highest BCUT2D eigenvalue weighted by atomic mass is 19.1. The van der Waals surface area contributed by atoms with Crippen molar-refractivity contribution in [1.82, 2.24) is 4.98 Å². The second-order valence-corrected chi connectivity index (χ2v) is 5.85. The minimum atomic E-state index is -0.685. The van der Waals surface area contributed by atoms with Gasteiger partial charge in [0, 0.05) is 10.9 Å². The summed E-state index contributed by atoms with van der Waals surface area (Å²) in [5.74, 6) is -1.02. The van der Waals surface area contributed by atoms with Crippen LogP contribution in [-0.2, 0) is 0 Å². The summed E-state index contributed by atoms with van der Waals surface area (Å²) in [5, 5.41) is 10.8. The van der Waals surface area contributed by atoms with Gasteiger partial charge in [0.1, 0.15) is 11.5 Å². The lowest BCUT2D eigenvalue weighted by atomic mass is 9.96. The van der Waals surface area contributed by atoms with E-state index < -0.39 is 12.0 Å². The van der Waals surface area contributed by atoms with E-state index in [1.54, 1.807) is 25.1 Å². The largest absolute Gasteiger partial charge is 0.389 e. The quantitative estimate of drug-likeness (QED) is 0.774. The Labute approximate surface area is 138 Å². The second-order valence-electron chi connectivity index (χ2n) is 5.85. The molecule has 0 aliphatic rings. The number of halogens is 1. The van der Waals surface area contributed by atoms with Crippen LogP contribution >= 0.6 is 0 Å². The first kappa shape index (κ1) is 16.1. The number of nitrogens with two attached hydrogens (primary N) is 1. The Bertz CT molecular complexity index is 934. The van der Waals surface area contributed by atoms with Gasteiger partial charge in [0.05, 0.1) is 11.6 Å². The summed E-state index contributed by atoms with van der Waals surface area (Å²) in [6.45, 7) is 3.57. The van der Waals surface area contributed by atoms with Crippen LogP contribution in [0.5, 0.6) is 0 Å². The maximum atomic E-state index is 13.2. The first-order valence-corrected chi connectivity index (χ1v) is 7.56. The van der Waals surface area contributed by atoms with Gasteiger partial charge in [-0.05, 0) is 54.8 Å². The van der Waals surface area contributed by atoms with E-state index in [1.165, 1.54) is 12.1 Å². The van der Waals surface area contributed by atoms with Crippen LogP contribution in [0.3, 0.4) is 0 Å². The fourth-order valence-corrected chi connectivity index (χ4v) is 2.83. The highest BCUT2D eigenvalue weighted by Crippen LogP contribution is 2.31. The molecule has 0 saturated carbocycles. The van der Waals surface area contributed by atoms with Crippen LogP contribution in [0.25, 0.3) is 22.0 Å². The molecule has 4 nitrogen and oxygen atoms in total. The molecule has 3 N–H and O–H groups in total. The third-order valence-corrected chi connectivity index (χ3v) is 3.95. The molecule has 122 valence electrons. The van der Waals surface area contributed by atoms with E-state index in [0.717, 1.165) is 16.5 Å². The molecule has 1 amide bonds. The number of rotatable bonds is 3. The first-order valence-electron chi connectivity index (χ1n) is 7.56. The smallest absolute Gasteiger partial charge is 0.267 e. The highest BCUT2D eigenvalue weighted by Gasteiger charge is 2.17. The number of aliphatic hydroxyl groups is 1. The zero-order chi connectivity index (χ0) is 17.4. The van der Waals surface area contributed by atoms with Crippen molar-refractivity contribution in [2.75, 3.05) is 0 Å². The Balaban J connectivity index is 2.36. The molecule has 1 atom stereocenters. The number of nitrogens with zero attached hydrogens (tertiary/aromatic N) is 1. The minimum Gasteiger partial charge on any atom is -0.389 e. The van der Waals surface area contributed by atoms with Gasteiger partial charge in [-0.2, -0.15) is 0 Å². The van der Waals surface area contributed by atoms with Crippen LogP contribution < -0.4 is 5.73 Å². The van der Waals surface area contributed by atoms with Crippen molar-refractivity contribution in [3.63, 3.8) is 0 Å². The number of carbonyl (C=O) groups is 1. The number of hydrogen-bond donors (Lipinski definition) is 2. The number of hydrogen-bond acceptors (Lipinski definition) is 3. The Morgan fingerprint density at radius 3 is 2.46 bits per heavy atom. The van der Waals surface area contributed by atoms with Crippen molar-refractivity contribution in [1.29, 1.82) is 0 Å². The number of amides is 1. The molecule has 5 heteroatoms. The molecule has 1 heterocycles. The van der Waals surface area contributed by atoms with E-state index >= 15 is 0 Å². The first-order chi connectivity index (χ1) is 11.4. The normalized spacial score (nSPS) is 12.3. The SMILES string of the molecule is Cc1cc(C(C)O)c2cc(-c3ccc(F)cc3)c(C(N)=O)nc2c1. The van der Waals surface area contributed by atoms with Gasteiger partial charge in [-0.3, -0.25) is 4.79 Å². The van der Waals surface area contributed by atoms with E-state index in [9.17, 15) is 14.3 Å². The zero-order valence-corrected chi connectivity index (χ0v) is 13.4. The molecule has 0 saturated heterocycles. The van der Waals surface area contributed by atoms with Crippen LogP contribution in [0.2, 0.25) is 0 Å². The number of aromatic nitrogens is 1. The van der Waals surface area contributed by atoms with E-state index in [-0.39, 0.29) is 11.5 Å². The van der Waals surface area contributed by atoms with E-state index in [1.807, 2.05) is 19.1 Å². The van der Waals surface area contributed by atoms with Gasteiger partial charge in [-0.1, -0.05) is 18.2 Å². The molecule has 0 bridgehead atoms. The number of aliphatic hydroxyl groups excluding tert-OH is 1. The van der Waals surface area contributed by atoms with Crippen LogP contribution in [-0.4, -0.2) is 16.0 Å². The fourth-order valence-electron chi connectivity index (χ4n) is 2.83. The standard InChI is InChI=1S/C19H17FN2O2/c1-10-7-14(11(2)23)16-9-15(12-3-5-13(20)6-4-12)18(19(21)24)22-17(16)8-10/h3-9,11,23H,1-2H3,(H2,21,24). The third kappa shape index (κ3) is 2.86. The third-order valence-electron chi connectivity index (χ3n) is 3.95. The summed E-state index contributed by atoms with van der Waals surface area (Å²) in [6.07, 6.45) is -0.685. The van der Waals surface area contributed by atoms with Crippen molar-refractivity contribution >= 4 is 16.8 Å². The molecule has 0 aliphatic heterocycles. The molecular weight excluding hydrogens is 307 g/mol. The molecule has 0 radical (unpaired) electrons. The maximum absolute atomic E-state index is 13.2. The van der Waals surface area contributed by atoms with Gasteiger partial charge < -0.3 is 10.8 Å². The van der Waals surface area contributed by atoms with Crippen LogP contribution in [0.15, 0.2) is 42.5 Å². The summed E-state index contributed by atoms with van der Waals surface area (Å²) < 4.78 is 13.2. The van der Waals surface area contributed by atoms with Crippen LogP contribution in [0, 0.1) is 12.7 Å². The number of carbonyl (C=O) groups excluding carboxylic acids is 1. The summed E-state index contributed by atoms with van der Waals surface area (Å²) >= 11 is 0. The number of pyridine rings is 1. The zero-order valence-electron chi connectivity index (χ0n) is 13.4. The average molecular weight is 324 g/mol. The van der Waals surface area contributed by atoms with Crippen LogP contribution in [0.4, 0.5) is 4.39 Å². The topological polar surface area (TPSA) is 76.2 Å². The molecule has 3 aromatic rings. The summed E-state index contributed by atoms with van der Waals surface area (Å²) in [5.41, 5.74) is 8.99. The Morgan fingerprint density at radius 1 is 1.21 bits per heavy atom. The fraction of sp³-hybridized carbons (Fsp3) is 0.158. The summed E-state index contributed by atoms with van der Waals surface area (Å²) in [4.78, 5) is 16.2. The van der Waals surface area contributed by atoms with E-state index in [2.05, 4.69) is 4.98 Å². The van der Waals surface area contributed by atoms with Gasteiger partial charge in [0.25, 0.3) is 5.91 Å². The molecule has 0 spiro atoms. The average Bonchev–Trinajstić information content (AvgIpc) is 2.53. The lowest BCUT2D eigenvalue weighted by Crippen LogP contribution is -2.15. The molecule has 1 unspecified atom stereocenters. The molecule has 1 aromatic heterocycles. The number of fused-ring (bicyclic) bond motifs is 1. The lowest BCUT2D eigenvalue weighted by Gasteiger charge is -2.14. The molecule has 2 aromatic carbocycles. The van der Waals surface area contributed by atoms with E-state index in [0.29, 0.717) is 16.6 Å². The van der Waals surface area contributed by atoms with Crippen molar-refractivity contribution in [2.45, 2.75) is 20.0 Å². The Morgan fingerprint density at radius 2 is 1.88 bits per heavy atom. The predicted octanol–water partition coefficient (Wildman–Crippen LogP) is 3.50. The monoisotopic (exact) mass is 324 g/mol. The minimum absolute atomic E-state index is 0.122. The molecular formula is C19H17FN2O2. The number of aryl methyl sites for hydroxylation is 1. The van der Waals surface area contributed by atoms with Gasteiger partial charge in [-0.15, -0.1) is 0 Å². The molecule has 3 rings (SSSR count). The highest BCUT2D eigenvalue weighted by molar-refractivity contribution is 6.02. The number of benzene rings is 2. The van der Waals surface area contributed by atoms with E-state index in [4.69, 9.17) is 5.73 Å². The van der Waals surface area contributed by atoms with Gasteiger partial charge in [0.15, 0.2) is 0 Å². The maximum Gasteiger partial charge on any atom is 0.267 e. The van der Waals surface area contributed by atoms with Gasteiger partial charge in [0.2, 0.25) is 0 Å². The second kappa shape index (κ2) is 6.02. The summed E-state index contributed by atoms with van der Waals surface area (Å²) in [6, 6.07) is 11.3. The molecule has 24 heavy (non-hydrogen) atoms. The lowest BCUT2D eigenvalue weighted by molar-refractivity contribution is 0.0996.